The second-order valence-electron chi connectivity index (χ2n) is 8.11. The molecule has 0 unspecified atom stereocenters. The molecule has 7 nitrogen and oxygen atoms in total. The number of hydrazine groups is 1. The molecule has 0 saturated carbocycles. The fourth-order valence-electron chi connectivity index (χ4n) is 4.31. The Morgan fingerprint density at radius 3 is 1.84 bits per heavy atom. The summed E-state index contributed by atoms with van der Waals surface area (Å²) in [6.45, 7) is 3.80. The Morgan fingerprint density at radius 1 is 0.806 bits per heavy atom. The van der Waals surface area contributed by atoms with Gasteiger partial charge in [0.15, 0.2) is 0 Å². The minimum atomic E-state index is -1.01. The third-order valence-corrected chi connectivity index (χ3v) is 6.17. The van der Waals surface area contributed by atoms with Crippen LogP contribution in [0.5, 0.6) is 11.5 Å². The van der Waals surface area contributed by atoms with Crippen LogP contribution in [0.15, 0.2) is 59.7 Å². The maximum absolute atomic E-state index is 13.1. The van der Waals surface area contributed by atoms with E-state index >= 15 is 0 Å². The van der Waals surface area contributed by atoms with Crippen molar-refractivity contribution >= 4 is 17.8 Å². The van der Waals surface area contributed by atoms with Crippen LogP contribution in [0.1, 0.15) is 43.7 Å². The number of para-hydroxylation sites is 2. The summed E-state index contributed by atoms with van der Waals surface area (Å²) in [5.74, 6) is -2.97. The van der Waals surface area contributed by atoms with Gasteiger partial charge in [0, 0.05) is 11.1 Å². The highest BCUT2D eigenvalue weighted by molar-refractivity contribution is 5.92. The van der Waals surface area contributed by atoms with Gasteiger partial charge in [-0.15, -0.1) is 0 Å². The number of rotatable bonds is 3. The third kappa shape index (κ3) is 3.91. The number of aliphatic carboxylic acids is 1. The second-order valence-corrected chi connectivity index (χ2v) is 8.11. The van der Waals surface area contributed by atoms with Crippen molar-refractivity contribution < 1.29 is 24.2 Å². The molecule has 0 saturated heterocycles. The SMILES string of the molecule is CC1=C(C)C[C@@H](C(=O)NNC(=O)C2c3ccccc3Oc3ccccc32)[C@@H](C(=O)O)C1. The zero-order valence-corrected chi connectivity index (χ0v) is 17.3. The van der Waals surface area contributed by atoms with Gasteiger partial charge in [0.25, 0.3) is 5.91 Å². The van der Waals surface area contributed by atoms with Crippen molar-refractivity contribution in [1.82, 2.24) is 10.9 Å². The molecule has 2 atom stereocenters. The number of carboxylic acids is 1. The molecule has 0 radical (unpaired) electrons. The molecule has 1 aliphatic heterocycles. The van der Waals surface area contributed by atoms with Crippen LogP contribution in [0.3, 0.4) is 0 Å². The molecule has 0 bridgehead atoms. The lowest BCUT2D eigenvalue weighted by atomic mass is 9.76. The number of ether oxygens (including phenoxy) is 1. The Hall–Kier alpha value is -3.61. The predicted molar refractivity (Wildman–Crippen MR) is 113 cm³/mol. The molecule has 4 rings (SSSR count). The molecule has 2 aromatic rings. The first-order chi connectivity index (χ1) is 14.9. The molecular formula is C24H24N2O5. The van der Waals surface area contributed by atoms with E-state index in [-0.39, 0.29) is 0 Å². The fourth-order valence-corrected chi connectivity index (χ4v) is 4.31. The van der Waals surface area contributed by atoms with E-state index in [1.165, 1.54) is 0 Å². The molecule has 2 aromatic carbocycles. The van der Waals surface area contributed by atoms with Crippen molar-refractivity contribution in [2.24, 2.45) is 11.8 Å². The summed E-state index contributed by atoms with van der Waals surface area (Å²) in [6.07, 6.45) is 0.682. The highest BCUT2D eigenvalue weighted by Gasteiger charge is 2.38. The van der Waals surface area contributed by atoms with Gasteiger partial charge in [-0.1, -0.05) is 47.5 Å². The van der Waals surface area contributed by atoms with Crippen LogP contribution in [0.4, 0.5) is 0 Å². The van der Waals surface area contributed by atoms with Crippen molar-refractivity contribution in [2.45, 2.75) is 32.6 Å². The summed E-state index contributed by atoms with van der Waals surface area (Å²) in [6, 6.07) is 14.5. The number of hydrogen-bond acceptors (Lipinski definition) is 4. The van der Waals surface area contributed by atoms with Crippen molar-refractivity contribution in [2.75, 3.05) is 0 Å². The lowest BCUT2D eigenvalue weighted by molar-refractivity contribution is -0.148. The van der Waals surface area contributed by atoms with Gasteiger partial charge in [-0.05, 0) is 38.8 Å². The van der Waals surface area contributed by atoms with Crippen molar-refractivity contribution in [3.8, 4) is 11.5 Å². The van der Waals surface area contributed by atoms with Crippen LogP contribution in [0.25, 0.3) is 0 Å². The van der Waals surface area contributed by atoms with E-state index in [1.807, 2.05) is 50.2 Å². The lowest BCUT2D eigenvalue weighted by Gasteiger charge is -2.30. The van der Waals surface area contributed by atoms with Gasteiger partial charge in [-0.3, -0.25) is 25.2 Å². The number of nitrogens with one attached hydrogen (secondary N) is 2. The van der Waals surface area contributed by atoms with Gasteiger partial charge in [0.2, 0.25) is 5.91 Å². The number of benzene rings is 2. The summed E-state index contributed by atoms with van der Waals surface area (Å²) < 4.78 is 5.90. The molecule has 2 aliphatic rings. The summed E-state index contributed by atoms with van der Waals surface area (Å²) >= 11 is 0. The molecule has 7 heteroatoms. The Kier molecular flexibility index (Phi) is 5.50. The van der Waals surface area contributed by atoms with E-state index in [1.54, 1.807) is 12.1 Å². The van der Waals surface area contributed by atoms with E-state index in [0.29, 0.717) is 35.5 Å². The van der Waals surface area contributed by atoms with Crippen LogP contribution < -0.4 is 15.6 Å². The van der Waals surface area contributed by atoms with Crippen LogP contribution in [-0.2, 0) is 14.4 Å². The number of carboxylic acid groups (broad SMARTS) is 1. The zero-order valence-electron chi connectivity index (χ0n) is 17.3. The Bertz CT molecular complexity index is 1050. The monoisotopic (exact) mass is 420 g/mol. The highest BCUT2D eigenvalue weighted by atomic mass is 16.5. The van der Waals surface area contributed by atoms with Crippen molar-refractivity contribution in [3.05, 3.63) is 70.8 Å². The van der Waals surface area contributed by atoms with Crippen molar-refractivity contribution in [1.29, 1.82) is 0 Å². The van der Waals surface area contributed by atoms with Crippen LogP contribution >= 0.6 is 0 Å². The van der Waals surface area contributed by atoms with E-state index in [4.69, 9.17) is 4.74 Å². The van der Waals surface area contributed by atoms with Gasteiger partial charge in [-0.2, -0.15) is 0 Å². The largest absolute Gasteiger partial charge is 0.481 e. The molecule has 2 amide bonds. The maximum Gasteiger partial charge on any atom is 0.307 e. The van der Waals surface area contributed by atoms with Crippen molar-refractivity contribution in [3.63, 3.8) is 0 Å². The number of carbonyl (C=O) groups excluding carboxylic acids is 2. The van der Waals surface area contributed by atoms with Gasteiger partial charge >= 0.3 is 5.97 Å². The standard InChI is InChI=1S/C24H24N2O5/c1-13-11-17(18(24(29)30)12-14(13)2)22(27)25-26-23(28)21-15-7-3-5-9-19(15)31-20-10-6-4-8-16(20)21/h3-10,17-18,21H,11-12H2,1-2H3,(H,25,27)(H,26,28)(H,29,30)/t17-,18+/m1/s1. The highest BCUT2D eigenvalue weighted by Crippen LogP contribution is 2.43. The van der Waals surface area contributed by atoms with Gasteiger partial charge < -0.3 is 9.84 Å². The summed E-state index contributed by atoms with van der Waals surface area (Å²) in [5, 5.41) is 9.56. The Balaban J connectivity index is 1.53. The average molecular weight is 420 g/mol. The average Bonchev–Trinajstić information content (AvgIpc) is 2.76. The molecule has 31 heavy (non-hydrogen) atoms. The Morgan fingerprint density at radius 2 is 1.29 bits per heavy atom. The van der Waals surface area contributed by atoms with E-state index in [9.17, 15) is 19.5 Å². The first kappa shape index (κ1) is 20.7. The molecule has 160 valence electrons. The number of hydrogen-bond donors (Lipinski definition) is 3. The predicted octanol–water partition coefficient (Wildman–Crippen LogP) is 3.52. The smallest absolute Gasteiger partial charge is 0.307 e. The fraction of sp³-hybridized carbons (Fsp3) is 0.292. The van der Waals surface area contributed by atoms with Crippen LogP contribution in [0, 0.1) is 11.8 Å². The normalized spacial score (nSPS) is 20.2. The quantitative estimate of drug-likeness (QED) is 0.521. The second kappa shape index (κ2) is 8.26. The molecule has 1 aliphatic carbocycles. The topological polar surface area (TPSA) is 105 Å². The van der Waals surface area contributed by atoms with E-state index in [0.717, 1.165) is 11.1 Å². The van der Waals surface area contributed by atoms with E-state index < -0.39 is 35.5 Å². The van der Waals surface area contributed by atoms with E-state index in [2.05, 4.69) is 10.9 Å². The third-order valence-electron chi connectivity index (χ3n) is 6.17. The van der Waals surface area contributed by atoms with Crippen LogP contribution in [-0.4, -0.2) is 22.9 Å². The Labute approximate surface area is 180 Å². The lowest BCUT2D eigenvalue weighted by Crippen LogP contribution is -2.49. The summed E-state index contributed by atoms with van der Waals surface area (Å²) in [4.78, 5) is 37.6. The molecule has 0 aromatic heterocycles. The van der Waals surface area contributed by atoms with Gasteiger partial charge in [-0.25, -0.2) is 0 Å². The summed E-state index contributed by atoms with van der Waals surface area (Å²) in [5.41, 5.74) is 8.38. The number of amides is 2. The number of fused-ring (bicyclic) bond motifs is 2. The molecule has 0 fully saturated rings. The first-order valence-corrected chi connectivity index (χ1v) is 10.2. The molecule has 1 heterocycles. The first-order valence-electron chi connectivity index (χ1n) is 10.2. The van der Waals surface area contributed by atoms with Gasteiger partial charge in [0.1, 0.15) is 11.5 Å². The van der Waals surface area contributed by atoms with Crippen LogP contribution in [0.2, 0.25) is 0 Å². The minimum absolute atomic E-state index is 0.327. The zero-order chi connectivity index (χ0) is 22.1. The molecule has 0 spiro atoms. The summed E-state index contributed by atoms with van der Waals surface area (Å²) in [7, 11) is 0. The molecular weight excluding hydrogens is 396 g/mol. The number of carbonyl (C=O) groups is 3. The minimum Gasteiger partial charge on any atom is -0.481 e. The maximum atomic E-state index is 13.1. The number of allylic oxidation sites excluding steroid dienone is 2. The van der Waals surface area contributed by atoms with Gasteiger partial charge in [0.05, 0.1) is 17.8 Å². The molecule has 3 N–H and O–H groups in total.